The molecule has 8 heteroatoms. The number of carbonyl (C=O) groups excluding carboxylic acids is 2. The highest BCUT2D eigenvalue weighted by atomic mass is 35.5. The summed E-state index contributed by atoms with van der Waals surface area (Å²) in [7, 11) is 0. The summed E-state index contributed by atoms with van der Waals surface area (Å²) in [6, 6.07) is 14.3. The van der Waals surface area contributed by atoms with Crippen LogP contribution in [0.4, 0.5) is 11.5 Å². The molecule has 0 saturated carbocycles. The van der Waals surface area contributed by atoms with E-state index in [-0.39, 0.29) is 17.7 Å². The number of rotatable bonds is 6. The van der Waals surface area contributed by atoms with Crippen LogP contribution in [0.25, 0.3) is 0 Å². The van der Waals surface area contributed by atoms with Gasteiger partial charge >= 0.3 is 0 Å². The zero-order valence-electron chi connectivity index (χ0n) is 17.5. The highest BCUT2D eigenvalue weighted by Crippen LogP contribution is 2.23. The summed E-state index contributed by atoms with van der Waals surface area (Å²) in [6.45, 7) is 2.56. The Balaban J connectivity index is 1.34. The molecule has 2 amide bonds. The standard InChI is InChI=1S/C24H24ClN5O2/c25-19-5-6-22(27-15-19)29-24(32)20-3-1-2-4-21(20)28-23(31)18-9-13-30(14-10-18)16-17-7-11-26-12-8-17/h1-8,11-12,15,18H,9-10,13-14,16H2,(H,28,31)(H,27,29,32). The predicted octanol–water partition coefficient (Wildman–Crippen LogP) is 4.23. The molecule has 3 heterocycles. The molecule has 32 heavy (non-hydrogen) atoms. The minimum absolute atomic E-state index is 0.0570. The number of anilines is 2. The summed E-state index contributed by atoms with van der Waals surface area (Å²) in [4.78, 5) is 36.1. The van der Waals surface area contributed by atoms with E-state index >= 15 is 0 Å². The molecule has 0 atom stereocenters. The van der Waals surface area contributed by atoms with E-state index in [1.807, 2.05) is 12.1 Å². The molecule has 1 aliphatic heterocycles. The third-order valence-electron chi connectivity index (χ3n) is 5.51. The highest BCUT2D eigenvalue weighted by molar-refractivity contribution is 6.30. The Morgan fingerprint density at radius 1 is 1.00 bits per heavy atom. The van der Waals surface area contributed by atoms with Crippen molar-refractivity contribution in [3.8, 4) is 0 Å². The van der Waals surface area contributed by atoms with Crippen molar-refractivity contribution < 1.29 is 9.59 Å². The third-order valence-corrected chi connectivity index (χ3v) is 5.74. The molecule has 0 radical (unpaired) electrons. The van der Waals surface area contributed by atoms with Gasteiger partial charge in [-0.05, 0) is 67.9 Å². The average molecular weight is 450 g/mol. The average Bonchev–Trinajstić information content (AvgIpc) is 2.82. The minimum atomic E-state index is -0.345. The molecule has 7 nitrogen and oxygen atoms in total. The van der Waals surface area contributed by atoms with E-state index < -0.39 is 0 Å². The normalized spacial score (nSPS) is 14.7. The number of nitrogens with zero attached hydrogens (tertiary/aromatic N) is 3. The van der Waals surface area contributed by atoms with Crippen LogP contribution in [-0.2, 0) is 11.3 Å². The zero-order chi connectivity index (χ0) is 22.3. The fourth-order valence-electron chi connectivity index (χ4n) is 3.76. The van der Waals surface area contributed by atoms with Crippen LogP contribution in [-0.4, -0.2) is 39.8 Å². The Kier molecular flexibility index (Phi) is 7.09. The first-order chi connectivity index (χ1) is 15.6. The van der Waals surface area contributed by atoms with E-state index in [0.717, 1.165) is 32.5 Å². The number of hydrogen-bond acceptors (Lipinski definition) is 5. The lowest BCUT2D eigenvalue weighted by Gasteiger charge is -2.31. The van der Waals surface area contributed by atoms with E-state index in [0.29, 0.717) is 22.1 Å². The second-order valence-electron chi connectivity index (χ2n) is 7.76. The first-order valence-electron chi connectivity index (χ1n) is 10.5. The van der Waals surface area contributed by atoms with Gasteiger partial charge < -0.3 is 10.6 Å². The summed E-state index contributed by atoms with van der Waals surface area (Å²) >= 11 is 5.84. The van der Waals surface area contributed by atoms with Crippen LogP contribution < -0.4 is 10.6 Å². The lowest BCUT2D eigenvalue weighted by Crippen LogP contribution is -2.38. The Labute approximate surface area is 191 Å². The molecule has 164 valence electrons. The largest absolute Gasteiger partial charge is 0.325 e. The van der Waals surface area contributed by atoms with Crippen LogP contribution in [0.1, 0.15) is 28.8 Å². The van der Waals surface area contributed by atoms with E-state index in [9.17, 15) is 9.59 Å². The van der Waals surface area contributed by atoms with Crippen molar-refractivity contribution in [1.82, 2.24) is 14.9 Å². The maximum absolute atomic E-state index is 12.9. The van der Waals surface area contributed by atoms with Gasteiger partial charge in [0.2, 0.25) is 5.91 Å². The molecule has 2 N–H and O–H groups in total. The van der Waals surface area contributed by atoms with E-state index in [4.69, 9.17) is 11.6 Å². The van der Waals surface area contributed by atoms with Crippen LogP contribution in [0.3, 0.4) is 0 Å². The van der Waals surface area contributed by atoms with Gasteiger partial charge in [0.05, 0.1) is 16.3 Å². The molecule has 0 unspecified atom stereocenters. The number of nitrogens with one attached hydrogen (secondary N) is 2. The van der Waals surface area contributed by atoms with Crippen molar-refractivity contribution in [2.24, 2.45) is 5.92 Å². The number of piperidine rings is 1. The van der Waals surface area contributed by atoms with Crippen molar-refractivity contribution in [3.05, 3.63) is 83.3 Å². The number of benzene rings is 1. The topological polar surface area (TPSA) is 87.2 Å². The number of aromatic nitrogens is 2. The zero-order valence-corrected chi connectivity index (χ0v) is 18.3. The fraction of sp³-hybridized carbons (Fsp3) is 0.250. The lowest BCUT2D eigenvalue weighted by molar-refractivity contribution is -0.121. The number of hydrogen-bond donors (Lipinski definition) is 2. The van der Waals surface area contributed by atoms with Crippen molar-refractivity contribution in [1.29, 1.82) is 0 Å². The van der Waals surface area contributed by atoms with Gasteiger partial charge in [0.1, 0.15) is 5.82 Å². The Morgan fingerprint density at radius 3 is 2.47 bits per heavy atom. The van der Waals surface area contributed by atoms with Crippen LogP contribution in [0.5, 0.6) is 0 Å². The van der Waals surface area contributed by atoms with Gasteiger partial charge in [-0.3, -0.25) is 19.5 Å². The monoisotopic (exact) mass is 449 g/mol. The Bertz CT molecular complexity index is 1070. The van der Waals surface area contributed by atoms with Gasteiger partial charge in [0.25, 0.3) is 5.91 Å². The molecule has 4 rings (SSSR count). The summed E-state index contributed by atoms with van der Waals surface area (Å²) in [5.74, 6) is -0.0961. The molecule has 1 saturated heterocycles. The molecule has 1 aromatic carbocycles. The first kappa shape index (κ1) is 21.9. The number of halogens is 1. The van der Waals surface area contributed by atoms with Gasteiger partial charge in [0, 0.05) is 31.1 Å². The number of likely N-dealkylation sites (tertiary alicyclic amines) is 1. The molecule has 3 aromatic rings. The minimum Gasteiger partial charge on any atom is -0.325 e. The third kappa shape index (κ3) is 5.69. The molecule has 2 aromatic heterocycles. The smallest absolute Gasteiger partial charge is 0.258 e. The van der Waals surface area contributed by atoms with E-state index in [1.165, 1.54) is 11.8 Å². The maximum atomic E-state index is 12.9. The molecule has 1 fully saturated rings. The fourth-order valence-corrected chi connectivity index (χ4v) is 3.87. The van der Waals surface area contributed by atoms with Crippen molar-refractivity contribution in [2.75, 3.05) is 23.7 Å². The number of carbonyl (C=O) groups is 2. The van der Waals surface area contributed by atoms with Gasteiger partial charge in [-0.15, -0.1) is 0 Å². The number of amides is 2. The van der Waals surface area contributed by atoms with Gasteiger partial charge in [-0.1, -0.05) is 23.7 Å². The van der Waals surface area contributed by atoms with Crippen molar-refractivity contribution in [3.63, 3.8) is 0 Å². The number of para-hydroxylation sites is 1. The molecule has 0 spiro atoms. The summed E-state index contributed by atoms with van der Waals surface area (Å²) < 4.78 is 0. The Hall–Kier alpha value is -3.29. The molecular weight excluding hydrogens is 426 g/mol. The van der Waals surface area contributed by atoms with Gasteiger partial charge in [-0.25, -0.2) is 4.98 Å². The summed E-state index contributed by atoms with van der Waals surface area (Å²) in [6.07, 6.45) is 6.62. The lowest BCUT2D eigenvalue weighted by atomic mass is 9.95. The van der Waals surface area contributed by atoms with Gasteiger partial charge in [0.15, 0.2) is 0 Å². The van der Waals surface area contributed by atoms with Crippen molar-refractivity contribution >= 4 is 34.9 Å². The van der Waals surface area contributed by atoms with E-state index in [2.05, 4.69) is 25.5 Å². The maximum Gasteiger partial charge on any atom is 0.258 e. The molecule has 1 aliphatic rings. The first-order valence-corrected chi connectivity index (χ1v) is 10.9. The van der Waals surface area contributed by atoms with Crippen LogP contribution >= 0.6 is 11.6 Å². The Morgan fingerprint density at radius 2 is 1.75 bits per heavy atom. The second-order valence-corrected chi connectivity index (χ2v) is 8.19. The quantitative estimate of drug-likeness (QED) is 0.588. The molecular formula is C24H24ClN5O2. The highest BCUT2D eigenvalue weighted by Gasteiger charge is 2.26. The van der Waals surface area contributed by atoms with Crippen molar-refractivity contribution in [2.45, 2.75) is 19.4 Å². The second kappa shape index (κ2) is 10.3. The SMILES string of the molecule is O=C(Nc1ccc(Cl)cn1)c1ccccc1NC(=O)C1CCN(Cc2ccncc2)CC1. The van der Waals surface area contributed by atoms with Crippen LogP contribution in [0, 0.1) is 5.92 Å². The molecule has 0 bridgehead atoms. The predicted molar refractivity (Wildman–Crippen MR) is 125 cm³/mol. The van der Waals surface area contributed by atoms with Gasteiger partial charge in [-0.2, -0.15) is 0 Å². The van der Waals surface area contributed by atoms with E-state index in [1.54, 1.807) is 48.8 Å². The van der Waals surface area contributed by atoms with Crippen LogP contribution in [0.15, 0.2) is 67.1 Å². The number of pyridine rings is 2. The molecule has 0 aliphatic carbocycles. The summed E-state index contributed by atoms with van der Waals surface area (Å²) in [5.41, 5.74) is 2.09. The van der Waals surface area contributed by atoms with Crippen LogP contribution in [0.2, 0.25) is 5.02 Å². The summed E-state index contributed by atoms with van der Waals surface area (Å²) in [5, 5.41) is 6.18.